The largest absolute Gasteiger partial charge is 1.00 e. The van der Waals surface area contributed by atoms with E-state index in [1.807, 2.05) is 54.7 Å². The number of hydrogen-bond donors (Lipinski definition) is 1. The molecule has 2 N–H and O–H groups in total. The van der Waals surface area contributed by atoms with E-state index in [-0.39, 0.29) is 12.4 Å². The summed E-state index contributed by atoms with van der Waals surface area (Å²) >= 11 is 0. The summed E-state index contributed by atoms with van der Waals surface area (Å²) in [6.07, 6.45) is 7.21. The Labute approximate surface area is 163 Å². The number of halogens is 1. The number of ether oxygens (including phenoxy) is 2. The summed E-state index contributed by atoms with van der Waals surface area (Å²) in [5.74, 6) is 0.131. The van der Waals surface area contributed by atoms with Crippen molar-refractivity contribution < 1.29 is 31.2 Å². The average Bonchev–Trinajstić information content (AvgIpc) is 2.67. The number of fused-ring (bicyclic) bond motifs is 1. The zero-order valence-corrected chi connectivity index (χ0v) is 15.4. The lowest BCUT2D eigenvalue weighted by atomic mass is 10.2. The quantitative estimate of drug-likeness (QED) is 0.314. The Morgan fingerprint density at radius 2 is 1.89 bits per heavy atom. The molecule has 0 aliphatic heterocycles. The fraction of sp³-hybridized carbons (Fsp3) is 0.150. The third-order valence-corrected chi connectivity index (χ3v) is 3.66. The summed E-state index contributed by atoms with van der Waals surface area (Å²) in [6.45, 7) is 1.18. The molecule has 1 amide bonds. The van der Waals surface area contributed by atoms with Crippen LogP contribution in [-0.2, 0) is 11.5 Å². The maximum atomic E-state index is 11.1. The molecule has 2 aromatic heterocycles. The van der Waals surface area contributed by atoms with Crippen LogP contribution in [0.3, 0.4) is 0 Å². The first-order valence-corrected chi connectivity index (χ1v) is 8.22. The lowest BCUT2D eigenvalue weighted by Gasteiger charge is -2.03. The van der Waals surface area contributed by atoms with Crippen molar-refractivity contribution in [3.63, 3.8) is 0 Å². The first kappa shape index (κ1) is 20.4. The van der Waals surface area contributed by atoms with E-state index >= 15 is 0 Å². The van der Waals surface area contributed by atoms with Crippen molar-refractivity contribution in [2.24, 2.45) is 5.73 Å². The van der Waals surface area contributed by atoms with Gasteiger partial charge >= 0.3 is 0 Å². The van der Waals surface area contributed by atoms with Gasteiger partial charge in [0.2, 0.25) is 5.88 Å². The van der Waals surface area contributed by atoms with Crippen LogP contribution in [0.15, 0.2) is 73.1 Å². The minimum atomic E-state index is -0.460. The monoisotopic (exact) mass is 385 g/mol. The number of amides is 1. The van der Waals surface area contributed by atoms with Gasteiger partial charge in [0.15, 0.2) is 12.4 Å². The topological polar surface area (TPSA) is 78.3 Å². The number of pyridine rings is 2. The molecule has 0 bridgehead atoms. The van der Waals surface area contributed by atoms with Crippen LogP contribution in [0, 0.1) is 0 Å². The smallest absolute Gasteiger partial charge is 0.254 e. The summed E-state index contributed by atoms with van der Waals surface area (Å²) in [4.78, 5) is 15.6. The zero-order chi connectivity index (χ0) is 18.2. The number of nitrogens with two attached hydrogens (primary N) is 1. The number of nitrogens with zero attached hydrogens (tertiary/aromatic N) is 2. The molecule has 0 atom stereocenters. The number of carbonyl (C=O) groups is 1. The van der Waals surface area contributed by atoms with E-state index in [1.54, 1.807) is 22.9 Å². The Balaban J connectivity index is 0.00000261. The maximum Gasteiger partial charge on any atom is 0.254 e. The Hall–Kier alpha value is -2.96. The number of aromatic nitrogens is 2. The Bertz CT molecular complexity index is 931. The lowest BCUT2D eigenvalue weighted by Crippen LogP contribution is -3.00. The molecule has 27 heavy (non-hydrogen) atoms. The molecule has 140 valence electrons. The highest BCUT2D eigenvalue weighted by molar-refractivity contribution is 5.92. The fourth-order valence-electron chi connectivity index (χ4n) is 2.37. The van der Waals surface area contributed by atoms with E-state index < -0.39 is 5.91 Å². The predicted molar refractivity (Wildman–Crippen MR) is 97.5 cm³/mol. The minimum Gasteiger partial charge on any atom is -1.00 e. The lowest BCUT2D eigenvalue weighted by molar-refractivity contribution is -0.732. The van der Waals surface area contributed by atoms with Crippen molar-refractivity contribution in [3.05, 3.63) is 78.6 Å². The Morgan fingerprint density at radius 3 is 2.74 bits per heavy atom. The van der Waals surface area contributed by atoms with E-state index in [2.05, 4.69) is 4.98 Å². The molecule has 0 aliphatic rings. The second-order valence-electron chi connectivity index (χ2n) is 5.60. The van der Waals surface area contributed by atoms with Gasteiger partial charge in [-0.2, -0.15) is 4.57 Å². The zero-order valence-electron chi connectivity index (χ0n) is 14.6. The fourth-order valence-corrected chi connectivity index (χ4v) is 2.37. The van der Waals surface area contributed by atoms with Crippen molar-refractivity contribution in [2.75, 3.05) is 13.2 Å². The van der Waals surface area contributed by atoms with E-state index in [4.69, 9.17) is 15.2 Å². The van der Waals surface area contributed by atoms with Crippen molar-refractivity contribution in [1.29, 1.82) is 0 Å². The van der Waals surface area contributed by atoms with Gasteiger partial charge in [0.05, 0.1) is 12.1 Å². The summed E-state index contributed by atoms with van der Waals surface area (Å²) < 4.78 is 12.9. The van der Waals surface area contributed by atoms with Crippen LogP contribution in [0.5, 0.6) is 5.88 Å². The Morgan fingerprint density at radius 1 is 1.07 bits per heavy atom. The van der Waals surface area contributed by atoms with Crippen molar-refractivity contribution in [3.8, 4) is 5.88 Å². The van der Waals surface area contributed by atoms with Crippen LogP contribution < -0.4 is 27.4 Å². The highest BCUT2D eigenvalue weighted by Gasteiger charge is 2.06. The maximum absolute atomic E-state index is 11.1. The van der Waals surface area contributed by atoms with Crippen molar-refractivity contribution in [1.82, 2.24) is 4.98 Å². The van der Waals surface area contributed by atoms with Crippen LogP contribution in [0.2, 0.25) is 0 Å². The van der Waals surface area contributed by atoms with Crippen molar-refractivity contribution in [2.45, 2.75) is 6.73 Å². The molecule has 0 aliphatic carbocycles. The van der Waals surface area contributed by atoms with E-state index in [9.17, 15) is 4.79 Å². The molecule has 1 aromatic carbocycles. The van der Waals surface area contributed by atoms with Crippen LogP contribution in [0.4, 0.5) is 0 Å². The Kier molecular flexibility index (Phi) is 7.73. The number of hydrogen-bond acceptors (Lipinski definition) is 4. The third-order valence-electron chi connectivity index (χ3n) is 3.66. The van der Waals surface area contributed by atoms with Gasteiger partial charge in [-0.15, -0.1) is 0 Å². The highest BCUT2D eigenvalue weighted by atomic mass is 35.5. The molecular weight excluding hydrogens is 366 g/mol. The third kappa shape index (κ3) is 6.06. The van der Waals surface area contributed by atoms with Crippen LogP contribution in [0.1, 0.15) is 10.4 Å². The number of carbonyl (C=O) groups excluding carboxylic acids is 1. The number of para-hydroxylation sites is 1. The molecule has 6 nitrogen and oxygen atoms in total. The van der Waals surface area contributed by atoms with Gasteiger partial charge in [-0.05, 0) is 24.3 Å². The number of rotatable bonds is 8. The molecule has 0 saturated heterocycles. The molecule has 0 fully saturated rings. The van der Waals surface area contributed by atoms with Gasteiger partial charge in [0.25, 0.3) is 12.6 Å². The van der Waals surface area contributed by atoms with Crippen molar-refractivity contribution >= 4 is 16.8 Å². The van der Waals surface area contributed by atoms with Crippen LogP contribution in [-0.4, -0.2) is 24.1 Å². The van der Waals surface area contributed by atoms with Gasteiger partial charge in [-0.25, -0.2) is 4.98 Å². The molecule has 3 rings (SSSR count). The summed E-state index contributed by atoms with van der Waals surface area (Å²) in [5, 5.41) is 1.08. The summed E-state index contributed by atoms with van der Waals surface area (Å²) in [6, 6.07) is 15.2. The molecule has 3 aromatic rings. The summed E-state index contributed by atoms with van der Waals surface area (Å²) in [5.41, 5.74) is 6.60. The first-order chi connectivity index (χ1) is 12.7. The van der Waals surface area contributed by atoms with E-state index in [0.29, 0.717) is 31.4 Å². The SMILES string of the molecule is NC(=O)c1ccc[n+](COCC=CCOc2ccc3ccccc3n2)c1.[Cl-]. The van der Waals surface area contributed by atoms with Gasteiger partial charge in [-0.3, -0.25) is 4.79 Å². The van der Waals surface area contributed by atoms with E-state index in [1.165, 1.54) is 0 Å². The van der Waals surface area contributed by atoms with Gasteiger partial charge in [-0.1, -0.05) is 24.3 Å². The van der Waals surface area contributed by atoms with E-state index in [0.717, 1.165) is 10.9 Å². The van der Waals surface area contributed by atoms with Gasteiger partial charge in [0.1, 0.15) is 12.2 Å². The summed E-state index contributed by atoms with van der Waals surface area (Å²) in [7, 11) is 0. The second kappa shape index (κ2) is 10.3. The molecular formula is C20H20ClN3O3. The predicted octanol–water partition coefficient (Wildman–Crippen LogP) is -0.765. The molecule has 7 heteroatoms. The molecule has 0 saturated carbocycles. The number of benzene rings is 1. The highest BCUT2D eigenvalue weighted by Crippen LogP contribution is 2.15. The standard InChI is InChI=1S/C20H19N3O3.ClH/c21-20(24)17-7-5-11-23(14-17)15-25-12-3-4-13-26-19-10-9-16-6-1-2-8-18(16)22-19;/h1-11,14H,12-13,15H2,(H-,21,24);1H. The van der Waals surface area contributed by atoms with Crippen LogP contribution >= 0.6 is 0 Å². The molecule has 0 radical (unpaired) electrons. The normalized spacial score (nSPS) is 10.7. The first-order valence-electron chi connectivity index (χ1n) is 8.22. The number of primary amides is 1. The minimum absolute atomic E-state index is 0. The van der Waals surface area contributed by atoms with Gasteiger partial charge in [0, 0.05) is 17.5 Å². The second-order valence-corrected chi connectivity index (χ2v) is 5.60. The molecule has 2 heterocycles. The van der Waals surface area contributed by atoms with Crippen LogP contribution in [0.25, 0.3) is 10.9 Å². The molecule has 0 unspecified atom stereocenters. The average molecular weight is 386 g/mol. The molecule has 0 spiro atoms. The van der Waals surface area contributed by atoms with Gasteiger partial charge < -0.3 is 27.6 Å².